The van der Waals surface area contributed by atoms with Crippen molar-refractivity contribution < 1.29 is 18.6 Å². The predicted octanol–water partition coefficient (Wildman–Crippen LogP) is 5.27. The van der Waals surface area contributed by atoms with E-state index in [1.165, 1.54) is 15.9 Å². The molecule has 38 heavy (non-hydrogen) atoms. The highest BCUT2D eigenvalue weighted by Gasteiger charge is 2.51. The van der Waals surface area contributed by atoms with Gasteiger partial charge in [0.25, 0.3) is 8.32 Å². The fourth-order valence-corrected chi connectivity index (χ4v) is 10.3. The third-order valence-corrected chi connectivity index (χ3v) is 12.6. The molecule has 2 aliphatic carbocycles. The summed E-state index contributed by atoms with van der Waals surface area (Å²) in [5.74, 6) is 1.85. The molecule has 4 aromatic rings. The average molecular weight is 533 g/mol. The van der Waals surface area contributed by atoms with E-state index in [1.807, 2.05) is 6.20 Å². The van der Waals surface area contributed by atoms with Crippen LogP contribution in [0.15, 0.2) is 82.1 Å². The Morgan fingerprint density at radius 3 is 1.82 bits per heavy atom. The first kappa shape index (κ1) is 28.0. The monoisotopic (exact) mass is 532 g/mol. The maximum absolute atomic E-state index is 9.19. The molecule has 0 bridgehead atoms. The number of fused-ring (bicyclic) bond motifs is 2. The number of aryl methyl sites for hydroxylation is 2. The molecule has 0 radical (unpaired) electrons. The van der Waals surface area contributed by atoms with E-state index in [1.54, 1.807) is 6.20 Å². The van der Waals surface area contributed by atoms with Crippen LogP contribution in [0.25, 0.3) is 0 Å². The van der Waals surface area contributed by atoms with Gasteiger partial charge >= 0.3 is 0 Å². The Kier molecular flexibility index (Phi) is 8.70. The van der Waals surface area contributed by atoms with Gasteiger partial charge in [0.1, 0.15) is 11.5 Å². The van der Waals surface area contributed by atoms with Crippen molar-refractivity contribution >= 4 is 18.7 Å². The van der Waals surface area contributed by atoms with Crippen molar-refractivity contribution in [3.63, 3.8) is 0 Å². The molecule has 1 N–H and O–H groups in total. The van der Waals surface area contributed by atoms with Crippen LogP contribution in [0, 0.1) is 0 Å². The van der Waals surface area contributed by atoms with Gasteiger partial charge in [-0.15, -0.1) is 0 Å². The minimum atomic E-state index is -2.50. The topological polar surface area (TPSA) is 81.5 Å². The lowest BCUT2D eigenvalue weighted by atomic mass is 9.97. The van der Waals surface area contributed by atoms with E-state index in [2.05, 4.69) is 91.7 Å². The minimum Gasteiger partial charge on any atom is -0.404 e. The fourth-order valence-electron chi connectivity index (χ4n) is 5.62. The zero-order chi connectivity index (χ0) is 25.9. The normalized spacial score (nSPS) is 18.8. The summed E-state index contributed by atoms with van der Waals surface area (Å²) in [6.45, 7) is 6.96. The first-order chi connectivity index (χ1) is 17.9. The van der Waals surface area contributed by atoms with Gasteiger partial charge in [-0.05, 0) is 41.1 Å². The number of nitrogens with zero attached hydrogens (tertiary/aromatic N) is 2. The summed E-state index contributed by atoms with van der Waals surface area (Å²) in [5.41, 5.74) is 2.39. The van der Waals surface area contributed by atoms with E-state index in [0.29, 0.717) is 6.42 Å². The third kappa shape index (κ3) is 5.70. The average Bonchev–Trinajstić information content (AvgIpc) is 3.57. The van der Waals surface area contributed by atoms with Crippen LogP contribution in [-0.2, 0) is 30.1 Å². The number of hydrogen-bond donors (Lipinski definition) is 1. The maximum Gasteiger partial charge on any atom is 0.261 e. The molecule has 7 heteroatoms. The quantitative estimate of drug-likeness (QED) is 0.361. The smallest absolute Gasteiger partial charge is 0.261 e. The van der Waals surface area contributed by atoms with Crippen molar-refractivity contribution in [2.45, 2.75) is 84.0 Å². The summed E-state index contributed by atoms with van der Waals surface area (Å²) in [7, 11) is -2.50. The van der Waals surface area contributed by atoms with E-state index < -0.39 is 8.32 Å². The molecule has 0 amide bonds. The second kappa shape index (κ2) is 11.8. The highest BCUT2D eigenvalue weighted by Crippen LogP contribution is 2.39. The van der Waals surface area contributed by atoms with Gasteiger partial charge in [0.15, 0.2) is 0 Å². The Morgan fingerprint density at radius 2 is 1.29 bits per heavy atom. The molecular weight excluding hydrogens is 492 g/mol. The third-order valence-electron chi connectivity index (χ3n) is 7.54. The van der Waals surface area contributed by atoms with Crippen molar-refractivity contribution in [2.75, 3.05) is 0 Å². The minimum absolute atomic E-state index is 0. The Morgan fingerprint density at radius 1 is 0.789 bits per heavy atom. The molecule has 0 saturated carbocycles. The number of benzene rings is 2. The van der Waals surface area contributed by atoms with Gasteiger partial charge in [-0.3, -0.25) is 0 Å². The largest absolute Gasteiger partial charge is 0.404 e. The SMILES string of the molecule is C.CC(C)(C)[Si](OC1CCc2cnoc2C1)(c1ccccc1)c1ccccc1.OC1CCc2cnoc2C1. The van der Waals surface area contributed by atoms with Crippen LogP contribution in [0.2, 0.25) is 5.04 Å². The van der Waals surface area contributed by atoms with Gasteiger partial charge in [-0.25, -0.2) is 0 Å². The molecule has 6 nitrogen and oxygen atoms in total. The Labute approximate surface area is 227 Å². The highest BCUT2D eigenvalue weighted by molar-refractivity contribution is 6.99. The molecule has 0 fully saturated rings. The first-order valence-electron chi connectivity index (χ1n) is 13.2. The van der Waals surface area contributed by atoms with Crippen molar-refractivity contribution in [1.82, 2.24) is 10.3 Å². The second-order valence-corrected chi connectivity index (χ2v) is 15.3. The van der Waals surface area contributed by atoms with Crippen LogP contribution >= 0.6 is 0 Å². The van der Waals surface area contributed by atoms with E-state index in [9.17, 15) is 5.11 Å². The highest BCUT2D eigenvalue weighted by atomic mass is 28.4. The van der Waals surface area contributed by atoms with Crippen LogP contribution in [0.5, 0.6) is 0 Å². The van der Waals surface area contributed by atoms with Crippen LogP contribution in [0.3, 0.4) is 0 Å². The molecule has 0 saturated heterocycles. The predicted molar refractivity (Wildman–Crippen MR) is 152 cm³/mol. The van der Waals surface area contributed by atoms with Gasteiger partial charge in [-0.1, -0.05) is 99.2 Å². The van der Waals surface area contributed by atoms with Gasteiger partial charge in [0.2, 0.25) is 0 Å². The van der Waals surface area contributed by atoms with E-state index in [0.717, 1.165) is 49.2 Å². The molecule has 2 heterocycles. The molecule has 2 unspecified atom stereocenters. The lowest BCUT2D eigenvalue weighted by molar-refractivity contribution is 0.146. The van der Waals surface area contributed by atoms with Crippen molar-refractivity contribution in [3.05, 3.63) is 95.7 Å². The van der Waals surface area contributed by atoms with Crippen molar-refractivity contribution in [2.24, 2.45) is 0 Å². The van der Waals surface area contributed by atoms with Gasteiger partial charge < -0.3 is 18.6 Å². The summed E-state index contributed by atoms with van der Waals surface area (Å²) in [6.07, 6.45) is 8.69. The summed E-state index contributed by atoms with van der Waals surface area (Å²) in [4.78, 5) is 0. The maximum atomic E-state index is 9.19. The zero-order valence-corrected chi connectivity index (χ0v) is 22.9. The fraction of sp³-hybridized carbons (Fsp3) is 0.419. The molecule has 2 aromatic heterocycles. The van der Waals surface area contributed by atoms with E-state index in [4.69, 9.17) is 13.5 Å². The number of aliphatic hydroxyl groups is 1. The summed E-state index contributed by atoms with van der Waals surface area (Å²) in [5, 5.41) is 19.5. The molecule has 0 aliphatic heterocycles. The van der Waals surface area contributed by atoms with E-state index in [-0.39, 0.29) is 24.7 Å². The molecule has 2 aromatic carbocycles. The van der Waals surface area contributed by atoms with Crippen molar-refractivity contribution in [1.29, 1.82) is 0 Å². The second-order valence-electron chi connectivity index (χ2n) is 11.1. The van der Waals surface area contributed by atoms with Crippen molar-refractivity contribution in [3.8, 4) is 0 Å². The Hall–Kier alpha value is -3.00. The number of rotatable bonds is 4. The zero-order valence-electron chi connectivity index (χ0n) is 21.9. The summed E-state index contributed by atoms with van der Waals surface area (Å²) in [6, 6.07) is 21.7. The number of aromatic nitrogens is 2. The van der Waals surface area contributed by atoms with Gasteiger partial charge in [-0.2, -0.15) is 0 Å². The molecule has 6 rings (SSSR count). The first-order valence-corrected chi connectivity index (χ1v) is 15.1. The van der Waals surface area contributed by atoms with Crippen LogP contribution < -0.4 is 10.4 Å². The van der Waals surface area contributed by atoms with Crippen LogP contribution in [0.1, 0.15) is 63.7 Å². The lowest BCUT2D eigenvalue weighted by Gasteiger charge is -2.45. The van der Waals surface area contributed by atoms with E-state index >= 15 is 0 Å². The molecular formula is C31H40N2O4Si. The molecule has 202 valence electrons. The number of aliphatic hydroxyl groups excluding tert-OH is 1. The van der Waals surface area contributed by atoms with Gasteiger partial charge in [0.05, 0.1) is 24.6 Å². The van der Waals surface area contributed by atoms with Crippen LogP contribution in [0.4, 0.5) is 0 Å². The number of hydrogen-bond acceptors (Lipinski definition) is 6. The standard InChI is InChI=1S/C23H27NO2Si.C7H9NO2.CH4/c1-23(2,3)27(20-10-6-4-7-11-20,21-12-8-5-9-13-21)26-19-15-14-18-17-24-25-22(18)16-19;9-6-2-1-5-4-8-10-7(5)3-6;/h4-13,17,19H,14-16H2,1-3H3;4,6,9H,1-3H2;1H4. The van der Waals surface area contributed by atoms with Crippen LogP contribution in [-0.4, -0.2) is 35.9 Å². The Bertz CT molecular complexity index is 1240. The lowest BCUT2D eigenvalue weighted by Crippen LogP contribution is -2.68. The Balaban J connectivity index is 0.000000256. The summed E-state index contributed by atoms with van der Waals surface area (Å²) < 4.78 is 17.6. The summed E-state index contributed by atoms with van der Waals surface area (Å²) >= 11 is 0. The van der Waals surface area contributed by atoms with Gasteiger partial charge in [0, 0.05) is 24.0 Å². The molecule has 2 aliphatic rings. The molecule has 2 atom stereocenters. The molecule has 0 spiro atoms.